The Balaban J connectivity index is 1.67. The van der Waals surface area contributed by atoms with E-state index in [0.717, 1.165) is 5.69 Å². The number of hydrogen-bond donors (Lipinski definition) is 2. The van der Waals surface area contributed by atoms with E-state index in [-0.39, 0.29) is 23.9 Å². The van der Waals surface area contributed by atoms with Crippen LogP contribution in [0.3, 0.4) is 0 Å². The van der Waals surface area contributed by atoms with Gasteiger partial charge in [0.25, 0.3) is 5.91 Å². The number of oxime groups is 1. The number of carbonyl (C=O) groups is 1. The Hall–Kier alpha value is -2.88. The molecule has 2 N–H and O–H groups in total. The summed E-state index contributed by atoms with van der Waals surface area (Å²) in [5.41, 5.74) is 2.10. The smallest absolute Gasteiger partial charge is 0.350 e. The van der Waals surface area contributed by atoms with Gasteiger partial charge in [-0.25, -0.2) is 0 Å². The fourth-order valence-corrected chi connectivity index (χ4v) is 2.53. The number of hydrogen-bond acceptors (Lipinski definition) is 5. The van der Waals surface area contributed by atoms with Crippen LogP contribution in [0.2, 0.25) is 0 Å². The van der Waals surface area contributed by atoms with Gasteiger partial charge in [0.15, 0.2) is 0 Å². The largest absolute Gasteiger partial charge is 0.458 e. The van der Waals surface area contributed by atoms with Crippen molar-refractivity contribution in [2.75, 3.05) is 0 Å². The standard InChI is InChI=1S/C17H17F3N4O3/c1-10-6-13(22-24(10)2)15(25)21-9-11-4-3-5-12(7-11)14-8-16(26,27-23-14)17(18,19)20/h3-7,26H,8-9H2,1-2H3,(H,21,25). The zero-order valence-corrected chi connectivity index (χ0v) is 14.5. The Labute approximate surface area is 152 Å². The molecular formula is C17H17F3N4O3. The van der Waals surface area contributed by atoms with Gasteiger partial charge in [-0.1, -0.05) is 23.4 Å². The fraction of sp³-hybridized carbons (Fsp3) is 0.353. The molecule has 0 aliphatic carbocycles. The summed E-state index contributed by atoms with van der Waals surface area (Å²) >= 11 is 0. The first-order chi connectivity index (χ1) is 12.6. The van der Waals surface area contributed by atoms with Gasteiger partial charge in [0, 0.05) is 19.3 Å². The number of aryl methyl sites for hydroxylation is 2. The van der Waals surface area contributed by atoms with E-state index in [0.29, 0.717) is 11.1 Å². The predicted octanol–water partition coefficient (Wildman–Crippen LogP) is 2.03. The second-order valence-electron chi connectivity index (χ2n) is 6.27. The number of nitrogens with one attached hydrogen (secondary N) is 1. The molecule has 0 saturated heterocycles. The number of aliphatic hydroxyl groups is 1. The van der Waals surface area contributed by atoms with Crippen LogP contribution in [0, 0.1) is 6.92 Å². The molecule has 1 amide bonds. The first-order valence-corrected chi connectivity index (χ1v) is 8.01. The van der Waals surface area contributed by atoms with E-state index < -0.39 is 18.4 Å². The van der Waals surface area contributed by atoms with Crippen molar-refractivity contribution in [3.05, 3.63) is 52.8 Å². The van der Waals surface area contributed by atoms with Crippen LogP contribution in [0.15, 0.2) is 35.5 Å². The third-order valence-corrected chi connectivity index (χ3v) is 4.22. The number of nitrogens with zero attached hydrogens (tertiary/aromatic N) is 3. The van der Waals surface area contributed by atoms with Crippen molar-refractivity contribution >= 4 is 11.6 Å². The summed E-state index contributed by atoms with van der Waals surface area (Å²) in [7, 11) is 1.72. The Kier molecular flexibility index (Phi) is 4.68. The number of amides is 1. The molecule has 1 aliphatic heterocycles. The van der Waals surface area contributed by atoms with Gasteiger partial charge in [-0.15, -0.1) is 0 Å². The lowest BCUT2D eigenvalue weighted by molar-refractivity contribution is -0.355. The van der Waals surface area contributed by atoms with E-state index in [1.54, 1.807) is 42.1 Å². The molecule has 0 spiro atoms. The van der Waals surface area contributed by atoms with Crippen LogP contribution in [0.4, 0.5) is 13.2 Å². The zero-order chi connectivity index (χ0) is 19.8. The van der Waals surface area contributed by atoms with Crippen LogP contribution >= 0.6 is 0 Å². The molecule has 1 aromatic heterocycles. The van der Waals surface area contributed by atoms with Crippen molar-refractivity contribution in [2.45, 2.75) is 31.9 Å². The quantitative estimate of drug-likeness (QED) is 0.847. The molecule has 0 saturated carbocycles. The summed E-state index contributed by atoms with van der Waals surface area (Å²) in [6.45, 7) is 1.97. The van der Waals surface area contributed by atoms with Crippen LogP contribution in [-0.2, 0) is 18.4 Å². The highest BCUT2D eigenvalue weighted by molar-refractivity contribution is 6.01. The van der Waals surface area contributed by atoms with Crippen molar-refractivity contribution in [1.29, 1.82) is 0 Å². The zero-order valence-electron chi connectivity index (χ0n) is 14.5. The topological polar surface area (TPSA) is 88.7 Å². The predicted molar refractivity (Wildman–Crippen MR) is 88.8 cm³/mol. The second kappa shape index (κ2) is 6.69. The second-order valence-corrected chi connectivity index (χ2v) is 6.27. The number of carbonyl (C=O) groups excluding carboxylic acids is 1. The summed E-state index contributed by atoms with van der Waals surface area (Å²) < 4.78 is 40.0. The molecular weight excluding hydrogens is 365 g/mol. The number of aromatic nitrogens is 2. The molecule has 1 atom stereocenters. The molecule has 1 aliphatic rings. The minimum absolute atomic E-state index is 0.0247. The van der Waals surface area contributed by atoms with E-state index >= 15 is 0 Å². The number of benzene rings is 1. The van der Waals surface area contributed by atoms with E-state index in [1.807, 2.05) is 6.92 Å². The molecule has 7 nitrogen and oxygen atoms in total. The third-order valence-electron chi connectivity index (χ3n) is 4.22. The molecule has 0 bridgehead atoms. The molecule has 2 aromatic rings. The van der Waals surface area contributed by atoms with Gasteiger partial charge in [-0.2, -0.15) is 18.3 Å². The first kappa shape index (κ1) is 18.9. The average molecular weight is 382 g/mol. The van der Waals surface area contributed by atoms with Crippen LogP contribution in [0.25, 0.3) is 0 Å². The van der Waals surface area contributed by atoms with Gasteiger partial charge in [-0.05, 0) is 30.2 Å². The Bertz CT molecular complexity index is 888. The average Bonchev–Trinajstić information content (AvgIpc) is 3.17. The Morgan fingerprint density at radius 2 is 2.15 bits per heavy atom. The monoisotopic (exact) mass is 382 g/mol. The van der Waals surface area contributed by atoms with Crippen molar-refractivity contribution < 1.29 is 27.9 Å². The summed E-state index contributed by atoms with van der Waals surface area (Å²) in [6.07, 6.45) is -5.76. The Morgan fingerprint density at radius 1 is 1.41 bits per heavy atom. The minimum Gasteiger partial charge on any atom is -0.350 e. The number of rotatable bonds is 4. The van der Waals surface area contributed by atoms with Gasteiger partial charge >= 0.3 is 12.0 Å². The van der Waals surface area contributed by atoms with Crippen LogP contribution in [0.5, 0.6) is 0 Å². The van der Waals surface area contributed by atoms with Crippen molar-refractivity contribution in [3.8, 4) is 0 Å². The lowest BCUT2D eigenvalue weighted by atomic mass is 10.0. The van der Waals surface area contributed by atoms with Crippen molar-refractivity contribution in [1.82, 2.24) is 15.1 Å². The normalized spacial score (nSPS) is 19.6. The van der Waals surface area contributed by atoms with E-state index in [1.165, 1.54) is 0 Å². The highest BCUT2D eigenvalue weighted by Crippen LogP contribution is 2.38. The molecule has 0 fully saturated rings. The molecule has 144 valence electrons. The molecule has 1 unspecified atom stereocenters. The van der Waals surface area contributed by atoms with E-state index in [2.05, 4.69) is 20.4 Å². The molecule has 1 aromatic carbocycles. The maximum absolute atomic E-state index is 12.8. The van der Waals surface area contributed by atoms with Crippen LogP contribution in [-0.4, -0.2) is 38.5 Å². The molecule has 27 heavy (non-hydrogen) atoms. The van der Waals surface area contributed by atoms with Crippen molar-refractivity contribution in [2.24, 2.45) is 12.2 Å². The van der Waals surface area contributed by atoms with Gasteiger partial charge in [0.2, 0.25) is 0 Å². The molecule has 2 heterocycles. The van der Waals surface area contributed by atoms with Gasteiger partial charge in [-0.3, -0.25) is 9.48 Å². The SMILES string of the molecule is Cc1cc(C(=O)NCc2cccc(C3=NOC(O)(C(F)(F)F)C3)c2)nn1C. The maximum atomic E-state index is 12.8. The van der Waals surface area contributed by atoms with Gasteiger partial charge in [0.1, 0.15) is 5.69 Å². The van der Waals surface area contributed by atoms with E-state index in [9.17, 15) is 23.1 Å². The highest BCUT2D eigenvalue weighted by Gasteiger charge is 2.60. The molecule has 3 rings (SSSR count). The summed E-state index contributed by atoms with van der Waals surface area (Å²) in [4.78, 5) is 16.4. The Morgan fingerprint density at radius 3 is 2.74 bits per heavy atom. The maximum Gasteiger partial charge on any atom is 0.458 e. The van der Waals surface area contributed by atoms with E-state index in [4.69, 9.17) is 0 Å². The number of halogens is 3. The van der Waals surface area contributed by atoms with Crippen molar-refractivity contribution in [3.63, 3.8) is 0 Å². The summed E-state index contributed by atoms with van der Waals surface area (Å²) in [5.74, 6) is -3.68. The first-order valence-electron chi connectivity index (χ1n) is 8.01. The number of alkyl halides is 3. The lowest BCUT2D eigenvalue weighted by Gasteiger charge is -2.22. The van der Waals surface area contributed by atoms with Gasteiger partial charge < -0.3 is 15.3 Å². The minimum atomic E-state index is -4.95. The summed E-state index contributed by atoms with van der Waals surface area (Å²) in [5, 5.41) is 19.7. The molecule has 10 heteroatoms. The van der Waals surface area contributed by atoms with Crippen LogP contribution in [0.1, 0.15) is 33.7 Å². The molecule has 0 radical (unpaired) electrons. The fourth-order valence-electron chi connectivity index (χ4n) is 2.53. The van der Waals surface area contributed by atoms with Gasteiger partial charge in [0.05, 0.1) is 12.1 Å². The van der Waals surface area contributed by atoms with Crippen LogP contribution < -0.4 is 5.32 Å². The highest BCUT2D eigenvalue weighted by atomic mass is 19.4. The lowest BCUT2D eigenvalue weighted by Crippen LogP contribution is -2.45. The summed E-state index contributed by atoms with van der Waals surface area (Å²) in [6, 6.07) is 8.11. The third kappa shape index (κ3) is 3.80.